The van der Waals surface area contributed by atoms with Gasteiger partial charge in [0, 0.05) is 0 Å². The Hall–Kier alpha value is -1.11. The minimum absolute atomic E-state index is 0.267. The van der Waals surface area contributed by atoms with Gasteiger partial charge in [-0.1, -0.05) is 0 Å². The van der Waals surface area contributed by atoms with E-state index in [0.29, 0.717) is 5.56 Å². The third kappa shape index (κ3) is 2.04. The molecule has 16 heavy (non-hydrogen) atoms. The third-order valence-electron chi connectivity index (χ3n) is 2.26. The van der Waals surface area contributed by atoms with E-state index >= 15 is 0 Å². The van der Waals surface area contributed by atoms with Crippen molar-refractivity contribution in [1.29, 1.82) is 0 Å². The quantitative estimate of drug-likeness (QED) is 0.810. The first-order valence-electron chi connectivity index (χ1n) is 4.34. The molecule has 0 fully saturated rings. The summed E-state index contributed by atoms with van der Waals surface area (Å²) in [5.41, 5.74) is 5.35. The van der Waals surface area contributed by atoms with Gasteiger partial charge in [0.1, 0.15) is 17.6 Å². The van der Waals surface area contributed by atoms with Crippen molar-refractivity contribution in [2.24, 2.45) is 5.73 Å². The molecule has 2 N–H and O–H groups in total. The van der Waals surface area contributed by atoms with Gasteiger partial charge < -0.3 is 10.2 Å². The Morgan fingerprint density at radius 2 is 1.69 bits per heavy atom. The molecule has 7 heteroatoms. The van der Waals surface area contributed by atoms with Gasteiger partial charge in [0.2, 0.25) is 0 Å². The van der Waals surface area contributed by atoms with Crippen LogP contribution in [-0.2, 0) is 0 Å². The summed E-state index contributed by atoms with van der Waals surface area (Å²) in [4.78, 5) is 0. The summed E-state index contributed by atoms with van der Waals surface area (Å²) in [6, 6.07) is -1.44. The van der Waals surface area contributed by atoms with Crippen LogP contribution in [0, 0.1) is 13.8 Å². The van der Waals surface area contributed by atoms with Gasteiger partial charge in [-0.05, 0) is 25.5 Å². The van der Waals surface area contributed by atoms with Crippen LogP contribution in [-0.4, -0.2) is 12.1 Å². The van der Waals surface area contributed by atoms with Gasteiger partial charge in [-0.25, -0.2) is 0 Å². The maximum Gasteiger partial charge on any atom is 0.455 e. The summed E-state index contributed by atoms with van der Waals surface area (Å²) in [6.07, 6.45) is -5.69. The fraction of sp³-hybridized carbons (Fsp3) is 0.556. The van der Waals surface area contributed by atoms with Crippen LogP contribution in [0.25, 0.3) is 0 Å². The predicted molar refractivity (Wildman–Crippen MR) is 46.1 cm³/mol. The number of furan rings is 1. The summed E-state index contributed by atoms with van der Waals surface area (Å²) in [6.45, 7) is 2.98. The predicted octanol–water partition coefficient (Wildman–Crippen LogP) is 3.09. The summed E-state index contributed by atoms with van der Waals surface area (Å²) >= 11 is 0. The Morgan fingerprint density at radius 1 is 1.19 bits per heavy atom. The molecule has 0 aliphatic heterocycles. The van der Waals surface area contributed by atoms with Crippen LogP contribution in [0.2, 0.25) is 0 Å². The molecule has 0 aromatic carbocycles. The van der Waals surface area contributed by atoms with Gasteiger partial charge in [-0.3, -0.25) is 0 Å². The lowest BCUT2D eigenvalue weighted by Gasteiger charge is -2.24. The highest BCUT2D eigenvalue weighted by atomic mass is 19.4. The van der Waals surface area contributed by atoms with Crippen LogP contribution in [0.4, 0.5) is 22.0 Å². The fourth-order valence-electron chi connectivity index (χ4n) is 1.11. The van der Waals surface area contributed by atoms with Crippen molar-refractivity contribution in [2.45, 2.75) is 32.0 Å². The zero-order valence-electron chi connectivity index (χ0n) is 8.53. The van der Waals surface area contributed by atoms with E-state index in [0.717, 1.165) is 6.07 Å². The first kappa shape index (κ1) is 13.0. The molecule has 0 saturated carbocycles. The van der Waals surface area contributed by atoms with Crippen LogP contribution in [0.3, 0.4) is 0 Å². The minimum atomic E-state index is -5.69. The van der Waals surface area contributed by atoms with Crippen molar-refractivity contribution in [1.82, 2.24) is 0 Å². The van der Waals surface area contributed by atoms with Gasteiger partial charge in [0.25, 0.3) is 0 Å². The smallest absolute Gasteiger partial charge is 0.455 e. The monoisotopic (exact) mass is 243 g/mol. The minimum Gasteiger partial charge on any atom is -0.464 e. The van der Waals surface area contributed by atoms with Crippen LogP contribution < -0.4 is 5.73 Å². The normalized spacial score (nSPS) is 15.2. The van der Waals surface area contributed by atoms with Crippen molar-refractivity contribution >= 4 is 0 Å². The van der Waals surface area contributed by atoms with Gasteiger partial charge in [-0.15, -0.1) is 0 Å². The Kier molecular flexibility index (Phi) is 3.02. The first-order chi connectivity index (χ1) is 7.07. The number of hydrogen-bond acceptors (Lipinski definition) is 2. The van der Waals surface area contributed by atoms with E-state index in [1.165, 1.54) is 13.8 Å². The Bertz CT molecular complexity index is 362. The topological polar surface area (TPSA) is 39.2 Å². The number of alkyl halides is 5. The molecule has 92 valence electrons. The number of nitrogens with two attached hydrogens (primary N) is 1. The van der Waals surface area contributed by atoms with Crippen molar-refractivity contribution < 1.29 is 26.4 Å². The Labute approximate surface area is 88.2 Å². The second kappa shape index (κ2) is 3.73. The maximum atomic E-state index is 12.8. The summed E-state index contributed by atoms with van der Waals surface area (Å²) in [7, 11) is 0. The average molecular weight is 243 g/mol. The maximum absolute atomic E-state index is 12.8. The second-order valence-electron chi connectivity index (χ2n) is 3.49. The molecule has 0 radical (unpaired) electrons. The average Bonchev–Trinajstić information content (AvgIpc) is 2.43. The molecule has 0 amide bonds. The zero-order chi connectivity index (χ0) is 12.7. The lowest BCUT2D eigenvalue weighted by Crippen LogP contribution is -2.45. The second-order valence-corrected chi connectivity index (χ2v) is 3.49. The van der Waals surface area contributed by atoms with Crippen LogP contribution >= 0.6 is 0 Å². The lowest BCUT2D eigenvalue weighted by atomic mass is 10.1. The zero-order valence-corrected chi connectivity index (χ0v) is 8.53. The third-order valence-corrected chi connectivity index (χ3v) is 2.26. The van der Waals surface area contributed by atoms with Crippen LogP contribution in [0.15, 0.2) is 10.5 Å². The van der Waals surface area contributed by atoms with Crippen molar-refractivity contribution in [2.75, 3.05) is 0 Å². The highest BCUT2D eigenvalue weighted by molar-refractivity contribution is 5.22. The van der Waals surface area contributed by atoms with E-state index in [1.54, 1.807) is 0 Å². The molecule has 0 unspecified atom stereocenters. The van der Waals surface area contributed by atoms with E-state index < -0.39 is 23.9 Å². The molecule has 0 spiro atoms. The van der Waals surface area contributed by atoms with Crippen molar-refractivity contribution in [3.8, 4) is 0 Å². The van der Waals surface area contributed by atoms with E-state index in [4.69, 9.17) is 10.2 Å². The van der Waals surface area contributed by atoms with Crippen LogP contribution in [0.5, 0.6) is 0 Å². The molecule has 1 heterocycles. The molecule has 2 nitrogen and oxygen atoms in total. The van der Waals surface area contributed by atoms with Crippen LogP contribution in [0.1, 0.15) is 23.1 Å². The molecule has 1 atom stereocenters. The summed E-state index contributed by atoms with van der Waals surface area (Å²) in [5, 5.41) is 0. The van der Waals surface area contributed by atoms with Gasteiger partial charge >= 0.3 is 12.1 Å². The molecular formula is C9H10F5NO. The Balaban J connectivity index is 3.07. The van der Waals surface area contributed by atoms with E-state index in [2.05, 4.69) is 0 Å². The number of hydrogen-bond donors (Lipinski definition) is 1. The Morgan fingerprint density at radius 3 is 2.00 bits per heavy atom. The number of rotatable bonds is 2. The van der Waals surface area contributed by atoms with Crippen molar-refractivity contribution in [3.63, 3.8) is 0 Å². The number of aryl methyl sites for hydroxylation is 2. The first-order valence-corrected chi connectivity index (χ1v) is 4.34. The molecule has 1 aromatic rings. The molecule has 0 bridgehead atoms. The highest BCUT2D eigenvalue weighted by Crippen LogP contribution is 2.43. The largest absolute Gasteiger partial charge is 0.464 e. The molecule has 0 saturated heterocycles. The molecular weight excluding hydrogens is 233 g/mol. The lowest BCUT2D eigenvalue weighted by molar-refractivity contribution is -0.292. The molecule has 0 aliphatic rings. The molecule has 1 aromatic heterocycles. The fourth-order valence-corrected chi connectivity index (χ4v) is 1.11. The SMILES string of the molecule is Cc1cc([C@@H](N)C(F)(F)C(F)(F)F)oc1C. The van der Waals surface area contributed by atoms with Gasteiger partial charge in [0.05, 0.1) is 0 Å². The van der Waals surface area contributed by atoms with Gasteiger partial charge in [0.15, 0.2) is 0 Å². The highest BCUT2D eigenvalue weighted by Gasteiger charge is 2.62. The molecule has 0 aliphatic carbocycles. The summed E-state index contributed by atoms with van der Waals surface area (Å²) in [5.74, 6) is -5.32. The summed E-state index contributed by atoms with van der Waals surface area (Å²) < 4.78 is 66.4. The molecule has 1 rings (SSSR count). The standard InChI is InChI=1S/C9H10F5NO/c1-4-3-6(16-5(4)2)7(15)8(10,11)9(12,13)14/h3,7H,15H2,1-2H3/t7-/m1/s1. The van der Waals surface area contributed by atoms with E-state index in [9.17, 15) is 22.0 Å². The van der Waals surface area contributed by atoms with E-state index in [1.807, 2.05) is 0 Å². The van der Waals surface area contributed by atoms with Crippen molar-refractivity contribution in [3.05, 3.63) is 23.2 Å². The number of halogens is 5. The van der Waals surface area contributed by atoms with Gasteiger partial charge in [-0.2, -0.15) is 22.0 Å². The van der Waals surface area contributed by atoms with E-state index in [-0.39, 0.29) is 5.76 Å².